The lowest BCUT2D eigenvalue weighted by atomic mass is 10.2. The fourth-order valence-corrected chi connectivity index (χ4v) is 0.237. The van der Waals surface area contributed by atoms with Crippen LogP contribution in [-0.4, -0.2) is 0 Å². The summed E-state index contributed by atoms with van der Waals surface area (Å²) in [4.78, 5) is 0. The Hall–Kier alpha value is -0.660. The van der Waals surface area contributed by atoms with Gasteiger partial charge in [-0.15, -0.1) is 6.58 Å². The zero-order valence-corrected chi connectivity index (χ0v) is 4.45. The molecule has 0 N–H and O–H groups in total. The van der Waals surface area contributed by atoms with Gasteiger partial charge >= 0.3 is 0 Å². The summed E-state index contributed by atoms with van der Waals surface area (Å²) in [5.41, 5.74) is 0. The summed E-state index contributed by atoms with van der Waals surface area (Å²) in [6.45, 7) is 5.96. The second-order valence-electron chi connectivity index (χ2n) is 1.30. The fourth-order valence-electron chi connectivity index (χ4n) is 0.237. The minimum absolute atomic E-state index is 0.0741. The van der Waals surface area contributed by atoms with Crippen molar-refractivity contribution in [2.75, 3.05) is 0 Å². The van der Waals surface area contributed by atoms with E-state index in [1.807, 2.05) is 0 Å². The monoisotopic (exact) mass is 117 g/mol. The molecule has 0 nitrogen and oxygen atoms in total. The largest absolute Gasteiger partial charge is 0.232 e. The quantitative estimate of drug-likeness (QED) is 0.498. The minimum atomic E-state index is -1.01. The van der Waals surface area contributed by atoms with Gasteiger partial charge in [0.05, 0.1) is 0 Å². The van der Waals surface area contributed by atoms with Gasteiger partial charge in [0.25, 0.3) is 0 Å². The third-order valence-corrected chi connectivity index (χ3v) is 0.618. The van der Waals surface area contributed by atoms with Crippen molar-refractivity contribution >= 4 is 0 Å². The lowest BCUT2D eigenvalue weighted by Gasteiger charge is -1.94. The Morgan fingerprint density at radius 3 is 2.12 bits per heavy atom. The van der Waals surface area contributed by atoms with Gasteiger partial charge in [0.2, 0.25) is 6.17 Å². The zero-order chi connectivity index (χ0) is 6.57. The smallest absolute Gasteiger partial charge is 0.205 e. The number of hydrogen-bond donors (Lipinski definition) is 0. The second kappa shape index (κ2) is 3.36. The first-order valence-electron chi connectivity index (χ1n) is 2.15. The molecule has 0 heterocycles. The highest BCUT2D eigenvalue weighted by Gasteiger charge is 2.08. The van der Waals surface area contributed by atoms with E-state index < -0.39 is 12.0 Å². The van der Waals surface area contributed by atoms with E-state index in [0.717, 1.165) is 0 Å². The first kappa shape index (κ1) is 7.34. The molecular formula is C6H7F2. The molecule has 0 aromatic rings. The van der Waals surface area contributed by atoms with Crippen molar-refractivity contribution in [2.24, 2.45) is 0 Å². The Labute approximate surface area is 47.5 Å². The van der Waals surface area contributed by atoms with Crippen LogP contribution in [0.2, 0.25) is 0 Å². The first-order chi connectivity index (χ1) is 3.68. The maximum Gasteiger partial charge on any atom is 0.205 e. The molecule has 0 aliphatic heterocycles. The Balaban J connectivity index is 3.46. The third kappa shape index (κ3) is 2.50. The van der Waals surface area contributed by atoms with E-state index in [4.69, 9.17) is 0 Å². The van der Waals surface area contributed by atoms with Crippen molar-refractivity contribution in [3.05, 3.63) is 31.2 Å². The standard InChI is InChI=1S/C6H7F2/c1-3-4-6(8)5(2)7/h3H,1-2,4H2. The molecule has 0 saturated carbocycles. The van der Waals surface area contributed by atoms with Gasteiger partial charge in [0.15, 0.2) is 0 Å². The van der Waals surface area contributed by atoms with E-state index in [0.29, 0.717) is 0 Å². The van der Waals surface area contributed by atoms with Crippen LogP contribution in [0.5, 0.6) is 0 Å². The highest BCUT2D eigenvalue weighted by atomic mass is 19.2. The number of halogens is 2. The Morgan fingerprint density at radius 1 is 1.50 bits per heavy atom. The van der Waals surface area contributed by atoms with Crippen LogP contribution in [0, 0.1) is 6.17 Å². The van der Waals surface area contributed by atoms with Crippen molar-refractivity contribution in [2.45, 2.75) is 6.42 Å². The predicted molar refractivity (Wildman–Crippen MR) is 29.4 cm³/mol. The third-order valence-electron chi connectivity index (χ3n) is 0.618. The van der Waals surface area contributed by atoms with E-state index in [9.17, 15) is 8.78 Å². The summed E-state index contributed by atoms with van der Waals surface area (Å²) in [5.74, 6) is -1.01. The lowest BCUT2D eigenvalue weighted by molar-refractivity contribution is 0.444. The summed E-state index contributed by atoms with van der Waals surface area (Å²) in [6.07, 6.45) is 0.357. The summed E-state index contributed by atoms with van der Waals surface area (Å²) < 4.78 is 23.5. The van der Waals surface area contributed by atoms with Crippen LogP contribution in [0.4, 0.5) is 8.78 Å². The Morgan fingerprint density at radius 2 is 2.00 bits per heavy atom. The number of rotatable bonds is 3. The van der Waals surface area contributed by atoms with Crippen molar-refractivity contribution in [3.63, 3.8) is 0 Å². The van der Waals surface area contributed by atoms with Crippen molar-refractivity contribution in [1.29, 1.82) is 0 Å². The fraction of sp³-hybridized carbons (Fsp3) is 0.167. The zero-order valence-electron chi connectivity index (χ0n) is 4.45. The van der Waals surface area contributed by atoms with E-state index in [-0.39, 0.29) is 6.42 Å². The molecular weight excluding hydrogens is 110 g/mol. The topological polar surface area (TPSA) is 0 Å². The number of hydrogen-bond acceptors (Lipinski definition) is 0. The number of allylic oxidation sites excluding steroid dienone is 2. The molecule has 0 aromatic heterocycles. The normalized spacial score (nSPS) is 9.38. The molecule has 0 amide bonds. The van der Waals surface area contributed by atoms with E-state index in [1.165, 1.54) is 6.08 Å². The van der Waals surface area contributed by atoms with Crippen LogP contribution in [0.1, 0.15) is 6.42 Å². The average molecular weight is 117 g/mol. The molecule has 2 heteroatoms. The van der Waals surface area contributed by atoms with Gasteiger partial charge in [-0.1, -0.05) is 12.7 Å². The molecule has 8 heavy (non-hydrogen) atoms. The first-order valence-corrected chi connectivity index (χ1v) is 2.15. The SMILES string of the molecule is C=CC[C](F)C(=C)F. The van der Waals surface area contributed by atoms with Crippen LogP contribution in [0.15, 0.2) is 25.1 Å². The van der Waals surface area contributed by atoms with Gasteiger partial charge in [0, 0.05) is 6.42 Å². The molecule has 0 spiro atoms. The van der Waals surface area contributed by atoms with Crippen molar-refractivity contribution in [1.82, 2.24) is 0 Å². The summed E-state index contributed by atoms with van der Waals surface area (Å²) in [7, 11) is 0. The van der Waals surface area contributed by atoms with E-state index in [1.54, 1.807) is 0 Å². The maximum absolute atomic E-state index is 11.9. The van der Waals surface area contributed by atoms with Gasteiger partial charge in [-0.05, 0) is 0 Å². The second-order valence-corrected chi connectivity index (χ2v) is 1.30. The molecule has 0 fully saturated rings. The molecule has 1 radical (unpaired) electrons. The molecule has 0 saturated heterocycles. The summed E-state index contributed by atoms with van der Waals surface area (Å²) in [6, 6.07) is 0. The van der Waals surface area contributed by atoms with E-state index in [2.05, 4.69) is 13.2 Å². The molecule has 0 unspecified atom stereocenters. The molecule has 0 aliphatic carbocycles. The summed E-state index contributed by atoms with van der Waals surface area (Å²) in [5, 5.41) is 0. The Bertz CT molecular complexity index is 96.7. The van der Waals surface area contributed by atoms with Crippen LogP contribution < -0.4 is 0 Å². The van der Waals surface area contributed by atoms with Gasteiger partial charge in [-0.3, -0.25) is 0 Å². The molecule has 0 aliphatic rings. The average Bonchev–Trinajstić information content (AvgIpc) is 1.67. The minimum Gasteiger partial charge on any atom is -0.232 e. The molecule has 0 aromatic carbocycles. The van der Waals surface area contributed by atoms with Gasteiger partial charge in [0.1, 0.15) is 5.83 Å². The van der Waals surface area contributed by atoms with Crippen molar-refractivity contribution in [3.8, 4) is 0 Å². The van der Waals surface area contributed by atoms with Crippen LogP contribution in [-0.2, 0) is 0 Å². The van der Waals surface area contributed by atoms with Crippen molar-refractivity contribution < 1.29 is 8.78 Å². The maximum atomic E-state index is 11.9. The van der Waals surface area contributed by atoms with Crippen LogP contribution in [0.25, 0.3) is 0 Å². The van der Waals surface area contributed by atoms with Gasteiger partial charge in [-0.2, -0.15) is 0 Å². The lowest BCUT2D eigenvalue weighted by Crippen LogP contribution is -1.84. The highest BCUT2D eigenvalue weighted by molar-refractivity contribution is 5.08. The van der Waals surface area contributed by atoms with Gasteiger partial charge in [-0.25, -0.2) is 8.78 Å². The Kier molecular flexibility index (Phi) is 3.08. The molecule has 0 atom stereocenters. The van der Waals surface area contributed by atoms with Crippen LogP contribution in [0.3, 0.4) is 0 Å². The molecule has 0 rings (SSSR count). The summed E-state index contributed by atoms with van der Waals surface area (Å²) >= 11 is 0. The van der Waals surface area contributed by atoms with Crippen LogP contribution >= 0.6 is 0 Å². The predicted octanol–water partition coefficient (Wildman–Crippen LogP) is 2.55. The molecule has 0 bridgehead atoms. The van der Waals surface area contributed by atoms with E-state index >= 15 is 0 Å². The van der Waals surface area contributed by atoms with Gasteiger partial charge < -0.3 is 0 Å². The highest BCUT2D eigenvalue weighted by Crippen LogP contribution is 2.17. The molecule has 45 valence electrons.